The van der Waals surface area contributed by atoms with E-state index < -0.39 is 29.8 Å². The smallest absolute Gasteiger partial charge is 0.411 e. The molecule has 1 unspecified atom stereocenters. The van der Waals surface area contributed by atoms with Crippen molar-refractivity contribution in [2.75, 3.05) is 19.0 Å². The van der Waals surface area contributed by atoms with Gasteiger partial charge in [0.1, 0.15) is 12.6 Å². The molecule has 1 aliphatic carbocycles. The van der Waals surface area contributed by atoms with Crippen molar-refractivity contribution in [2.24, 2.45) is 0 Å². The fourth-order valence-electron chi connectivity index (χ4n) is 4.48. The number of nitrogens with zero attached hydrogens (tertiary/aromatic N) is 1. The van der Waals surface area contributed by atoms with Crippen LogP contribution in [0, 0.1) is 5.82 Å². The van der Waals surface area contributed by atoms with Crippen molar-refractivity contribution < 1.29 is 28.6 Å². The van der Waals surface area contributed by atoms with Crippen LogP contribution in [0.15, 0.2) is 66.7 Å². The average Bonchev–Trinajstić information content (AvgIpc) is 3.17. The fourth-order valence-corrected chi connectivity index (χ4v) is 4.48. The van der Waals surface area contributed by atoms with Crippen molar-refractivity contribution in [2.45, 2.75) is 25.3 Å². The fraction of sp³-hybridized carbons (Fsp3) is 0.222. The molecule has 0 saturated carbocycles. The Morgan fingerprint density at radius 3 is 2.17 bits per heavy atom. The summed E-state index contributed by atoms with van der Waals surface area (Å²) in [5, 5.41) is 11.7. The second-order valence-electron chi connectivity index (χ2n) is 8.30. The number of carbonyl (C=O) groups excluding carboxylic acids is 2. The van der Waals surface area contributed by atoms with Crippen molar-refractivity contribution in [3.05, 3.63) is 89.2 Å². The van der Waals surface area contributed by atoms with Crippen LogP contribution in [0.1, 0.15) is 40.7 Å². The number of rotatable bonds is 7. The van der Waals surface area contributed by atoms with Crippen LogP contribution in [0.25, 0.3) is 11.1 Å². The maximum atomic E-state index is 15.1. The molecule has 1 atom stereocenters. The Hall–Kier alpha value is -4.20. The van der Waals surface area contributed by atoms with E-state index in [0.29, 0.717) is 0 Å². The van der Waals surface area contributed by atoms with Crippen LogP contribution in [0.2, 0.25) is 0 Å². The highest BCUT2D eigenvalue weighted by atomic mass is 19.1. The summed E-state index contributed by atoms with van der Waals surface area (Å²) in [4.78, 5) is 37.6. The van der Waals surface area contributed by atoms with Gasteiger partial charge in [-0.05, 0) is 40.8 Å². The molecular formula is C27H25FN2O5. The van der Waals surface area contributed by atoms with E-state index in [-0.39, 0.29) is 30.2 Å². The molecule has 3 aromatic rings. The number of anilines is 1. The summed E-state index contributed by atoms with van der Waals surface area (Å²) >= 11 is 0. The quantitative estimate of drug-likeness (QED) is 0.493. The van der Waals surface area contributed by atoms with Crippen molar-refractivity contribution in [3.8, 4) is 11.1 Å². The minimum Gasteiger partial charge on any atom is -0.480 e. The molecule has 0 fully saturated rings. The first-order valence-electron chi connectivity index (χ1n) is 11.2. The Kier molecular flexibility index (Phi) is 6.82. The molecule has 0 saturated heterocycles. The highest BCUT2D eigenvalue weighted by Gasteiger charge is 2.30. The van der Waals surface area contributed by atoms with Gasteiger partial charge in [0.25, 0.3) is 5.91 Å². The van der Waals surface area contributed by atoms with Crippen LogP contribution in [0.4, 0.5) is 14.9 Å². The minimum atomic E-state index is -1.18. The molecule has 1 aliphatic rings. The maximum Gasteiger partial charge on any atom is 0.411 e. The number of halogens is 1. The number of carbonyl (C=O) groups is 3. The Morgan fingerprint density at radius 2 is 1.60 bits per heavy atom. The van der Waals surface area contributed by atoms with E-state index in [9.17, 15) is 19.5 Å². The second-order valence-corrected chi connectivity index (χ2v) is 8.30. The predicted octanol–water partition coefficient (Wildman–Crippen LogP) is 5.12. The Bertz CT molecular complexity index is 1250. The molecule has 4 rings (SSSR count). The van der Waals surface area contributed by atoms with E-state index in [2.05, 4.69) is 5.32 Å². The molecule has 0 heterocycles. The van der Waals surface area contributed by atoms with Gasteiger partial charge in [0.05, 0.1) is 11.3 Å². The molecule has 0 spiro atoms. The third kappa shape index (κ3) is 4.59. The van der Waals surface area contributed by atoms with Gasteiger partial charge in [0.15, 0.2) is 5.82 Å². The van der Waals surface area contributed by atoms with Gasteiger partial charge in [0, 0.05) is 13.0 Å². The van der Waals surface area contributed by atoms with Gasteiger partial charge in [-0.1, -0.05) is 61.5 Å². The number of benzene rings is 3. The zero-order chi connectivity index (χ0) is 25.1. The number of hydrogen-bond donors (Lipinski definition) is 2. The first-order chi connectivity index (χ1) is 16.8. The van der Waals surface area contributed by atoms with Gasteiger partial charge in [-0.2, -0.15) is 0 Å². The van der Waals surface area contributed by atoms with Crippen molar-refractivity contribution in [3.63, 3.8) is 0 Å². The summed E-state index contributed by atoms with van der Waals surface area (Å²) in [5.74, 6) is -3.09. The summed E-state index contributed by atoms with van der Waals surface area (Å²) in [6.07, 6.45) is -0.697. The van der Waals surface area contributed by atoms with Crippen LogP contribution < -0.4 is 5.32 Å². The molecule has 7 nitrogen and oxygen atoms in total. The van der Waals surface area contributed by atoms with E-state index in [1.165, 1.54) is 25.2 Å². The lowest BCUT2D eigenvalue weighted by Gasteiger charge is -2.24. The lowest BCUT2D eigenvalue weighted by Crippen LogP contribution is -2.42. The molecule has 0 bridgehead atoms. The van der Waals surface area contributed by atoms with Gasteiger partial charge in [-0.3, -0.25) is 10.1 Å². The third-order valence-corrected chi connectivity index (χ3v) is 6.27. The molecule has 0 aliphatic heterocycles. The molecule has 2 amide bonds. The molecule has 35 heavy (non-hydrogen) atoms. The molecule has 8 heteroatoms. The van der Waals surface area contributed by atoms with Crippen LogP contribution >= 0.6 is 0 Å². The second kappa shape index (κ2) is 9.97. The van der Waals surface area contributed by atoms with Crippen LogP contribution in [0.3, 0.4) is 0 Å². The minimum absolute atomic E-state index is 0.0552. The Balaban J connectivity index is 1.47. The van der Waals surface area contributed by atoms with Gasteiger partial charge >= 0.3 is 12.1 Å². The van der Waals surface area contributed by atoms with Crippen molar-refractivity contribution in [1.82, 2.24) is 4.90 Å². The van der Waals surface area contributed by atoms with Gasteiger partial charge < -0.3 is 14.7 Å². The number of nitrogens with one attached hydrogen (secondary N) is 1. The van der Waals surface area contributed by atoms with Crippen molar-refractivity contribution >= 4 is 23.7 Å². The largest absolute Gasteiger partial charge is 0.480 e. The summed E-state index contributed by atoms with van der Waals surface area (Å²) in [7, 11) is 1.30. The first-order valence-corrected chi connectivity index (χ1v) is 11.2. The van der Waals surface area contributed by atoms with Gasteiger partial charge in [-0.15, -0.1) is 0 Å². The first kappa shape index (κ1) is 23.9. The molecule has 2 N–H and O–H groups in total. The van der Waals surface area contributed by atoms with E-state index >= 15 is 4.39 Å². The number of amides is 2. The van der Waals surface area contributed by atoms with E-state index in [1.54, 1.807) is 6.92 Å². The average molecular weight is 477 g/mol. The summed E-state index contributed by atoms with van der Waals surface area (Å²) in [5.41, 5.74) is 3.70. The molecule has 180 valence electrons. The van der Waals surface area contributed by atoms with E-state index in [1.807, 2.05) is 48.5 Å². The third-order valence-electron chi connectivity index (χ3n) is 6.27. The SMILES string of the molecule is CCC(C(=O)O)N(C)C(=O)c1cccc(NC(=O)OCC2c3ccccc3-c3ccccc32)c1F. The summed E-state index contributed by atoms with van der Waals surface area (Å²) < 4.78 is 20.5. The number of carboxylic acids is 1. The topological polar surface area (TPSA) is 95.9 Å². The molecular weight excluding hydrogens is 451 g/mol. The number of fused-ring (bicyclic) bond motifs is 3. The summed E-state index contributed by atoms with van der Waals surface area (Å²) in [6, 6.07) is 18.7. The highest BCUT2D eigenvalue weighted by Crippen LogP contribution is 2.44. The van der Waals surface area contributed by atoms with Crippen LogP contribution in [-0.4, -0.2) is 47.7 Å². The van der Waals surface area contributed by atoms with Gasteiger partial charge in [-0.25, -0.2) is 14.0 Å². The highest BCUT2D eigenvalue weighted by molar-refractivity contribution is 5.98. The lowest BCUT2D eigenvalue weighted by atomic mass is 9.98. The van der Waals surface area contributed by atoms with Gasteiger partial charge in [0.2, 0.25) is 0 Å². The summed E-state index contributed by atoms with van der Waals surface area (Å²) in [6.45, 7) is 1.67. The number of carboxylic acid groups (broad SMARTS) is 1. The zero-order valence-electron chi connectivity index (χ0n) is 19.3. The van der Waals surface area contributed by atoms with E-state index in [4.69, 9.17) is 4.74 Å². The monoisotopic (exact) mass is 476 g/mol. The number of ether oxygens (including phenoxy) is 1. The lowest BCUT2D eigenvalue weighted by molar-refractivity contribution is -0.142. The van der Waals surface area contributed by atoms with E-state index in [0.717, 1.165) is 27.2 Å². The predicted molar refractivity (Wildman–Crippen MR) is 129 cm³/mol. The van der Waals surface area contributed by atoms with Crippen LogP contribution in [-0.2, 0) is 9.53 Å². The molecule has 3 aromatic carbocycles. The zero-order valence-corrected chi connectivity index (χ0v) is 19.3. The number of hydrogen-bond acceptors (Lipinski definition) is 4. The maximum absolute atomic E-state index is 15.1. The Labute approximate surface area is 202 Å². The van der Waals surface area contributed by atoms with Crippen LogP contribution in [0.5, 0.6) is 0 Å². The number of likely N-dealkylation sites (N-methyl/N-ethyl adjacent to an activating group) is 1. The normalized spacial score (nSPS) is 12.9. The standard InChI is InChI=1S/C27H25FN2O5/c1-3-23(26(32)33)30(2)25(31)20-13-8-14-22(24(20)28)29-27(34)35-15-21-18-11-6-4-9-16(18)17-10-5-7-12-19(17)21/h4-14,21,23H,3,15H2,1-2H3,(H,29,34)(H,32,33). The van der Waals surface area contributed by atoms with Crippen molar-refractivity contribution in [1.29, 1.82) is 0 Å². The molecule has 0 radical (unpaired) electrons. The Morgan fingerprint density at radius 1 is 1.00 bits per heavy atom. The molecule has 0 aromatic heterocycles. The number of aliphatic carboxylic acids is 1.